The second-order valence-corrected chi connectivity index (χ2v) is 7.74. The molecule has 5 rings (SSSR count). The lowest BCUT2D eigenvalue weighted by molar-refractivity contribution is -0.146. The number of nitrogens with two attached hydrogens (primary N) is 1. The Morgan fingerprint density at radius 1 is 1.26 bits per heavy atom. The van der Waals surface area contributed by atoms with Crippen LogP contribution >= 0.6 is 0 Å². The van der Waals surface area contributed by atoms with Gasteiger partial charge in [0.15, 0.2) is 0 Å². The summed E-state index contributed by atoms with van der Waals surface area (Å²) in [4.78, 5) is 28.6. The van der Waals surface area contributed by atoms with Gasteiger partial charge in [-0.3, -0.25) is 14.6 Å². The van der Waals surface area contributed by atoms with E-state index in [1.807, 2.05) is 0 Å². The van der Waals surface area contributed by atoms with Gasteiger partial charge in [0, 0.05) is 17.8 Å². The first kappa shape index (κ1) is 14.5. The normalized spacial score (nSPS) is 37.6. The van der Waals surface area contributed by atoms with Crippen molar-refractivity contribution in [1.29, 1.82) is 0 Å². The van der Waals surface area contributed by atoms with Crippen LogP contribution in [0.1, 0.15) is 49.0 Å². The topological polar surface area (TPSA) is 105 Å². The van der Waals surface area contributed by atoms with E-state index >= 15 is 0 Å². The molecule has 4 aliphatic rings. The molecule has 0 aliphatic heterocycles. The molecule has 122 valence electrons. The van der Waals surface area contributed by atoms with Gasteiger partial charge in [-0.05, 0) is 56.4 Å². The molecule has 0 spiro atoms. The summed E-state index contributed by atoms with van der Waals surface area (Å²) >= 11 is 0. The van der Waals surface area contributed by atoms with E-state index < -0.39 is 5.41 Å². The molecule has 1 aromatic rings. The summed E-state index contributed by atoms with van der Waals surface area (Å²) in [7, 11) is 0. The van der Waals surface area contributed by atoms with Gasteiger partial charge in [0.25, 0.3) is 5.91 Å². The lowest BCUT2D eigenvalue weighted by Crippen LogP contribution is -2.65. The average molecular weight is 315 g/mol. The molecule has 1 aromatic heterocycles. The summed E-state index contributed by atoms with van der Waals surface area (Å²) in [6, 6.07) is 2.79. The summed E-state index contributed by atoms with van der Waals surface area (Å²) in [6.45, 7) is 0. The van der Waals surface area contributed by atoms with Gasteiger partial charge in [-0.15, -0.1) is 0 Å². The number of hydrogen-bond donors (Lipinski definition) is 3. The fourth-order valence-corrected chi connectivity index (χ4v) is 5.55. The summed E-state index contributed by atoms with van der Waals surface area (Å²) in [5.74, 6) is 0.426. The molecular formula is C17H21N3O3. The van der Waals surface area contributed by atoms with Crippen LogP contribution in [0.4, 0.5) is 0 Å². The summed E-state index contributed by atoms with van der Waals surface area (Å²) in [5, 5.41) is 12.7. The Bertz CT molecular complexity index is 673. The zero-order valence-electron chi connectivity index (χ0n) is 12.9. The van der Waals surface area contributed by atoms with Crippen LogP contribution < -0.4 is 11.1 Å². The molecule has 2 amide bonds. The first-order valence-corrected chi connectivity index (χ1v) is 8.17. The van der Waals surface area contributed by atoms with E-state index in [-0.39, 0.29) is 28.8 Å². The molecule has 4 saturated carbocycles. The minimum absolute atomic E-state index is 0.0178. The van der Waals surface area contributed by atoms with Gasteiger partial charge in [-0.1, -0.05) is 0 Å². The van der Waals surface area contributed by atoms with E-state index in [9.17, 15) is 14.7 Å². The average Bonchev–Trinajstić information content (AvgIpc) is 2.45. The lowest BCUT2D eigenvalue weighted by Gasteiger charge is -2.61. The van der Waals surface area contributed by atoms with Crippen LogP contribution in [0.5, 0.6) is 5.75 Å². The Morgan fingerprint density at radius 2 is 1.96 bits per heavy atom. The van der Waals surface area contributed by atoms with E-state index in [2.05, 4.69) is 10.3 Å². The maximum absolute atomic E-state index is 12.6. The summed E-state index contributed by atoms with van der Waals surface area (Å²) in [6.07, 6.45) is 6.71. The molecule has 23 heavy (non-hydrogen) atoms. The van der Waals surface area contributed by atoms with Gasteiger partial charge in [0.05, 0.1) is 5.41 Å². The van der Waals surface area contributed by atoms with Crippen molar-refractivity contribution in [3.63, 3.8) is 0 Å². The maximum Gasteiger partial charge on any atom is 0.270 e. The predicted octanol–water partition coefficient (Wildman–Crippen LogP) is 1.34. The van der Waals surface area contributed by atoms with E-state index in [4.69, 9.17) is 5.73 Å². The van der Waals surface area contributed by atoms with Gasteiger partial charge in [0.1, 0.15) is 11.4 Å². The van der Waals surface area contributed by atoms with E-state index in [0.29, 0.717) is 18.3 Å². The second-order valence-electron chi connectivity index (χ2n) is 7.74. The van der Waals surface area contributed by atoms with Crippen LogP contribution in [0.25, 0.3) is 0 Å². The molecule has 4 aliphatic carbocycles. The molecule has 4 bridgehead atoms. The number of carbonyl (C=O) groups is 2. The number of nitrogens with one attached hydrogen (secondary N) is 1. The van der Waals surface area contributed by atoms with E-state index in [1.54, 1.807) is 0 Å². The molecule has 2 unspecified atom stereocenters. The van der Waals surface area contributed by atoms with Gasteiger partial charge in [0.2, 0.25) is 5.91 Å². The molecule has 0 aromatic carbocycles. The number of rotatable bonds is 3. The molecule has 0 radical (unpaired) electrons. The number of hydrogen-bond acceptors (Lipinski definition) is 4. The zero-order chi connectivity index (χ0) is 16.2. The molecule has 1 heterocycles. The number of nitrogens with zero attached hydrogens (tertiary/aromatic N) is 1. The Hall–Kier alpha value is -2.11. The molecule has 0 saturated heterocycles. The third-order valence-corrected chi connectivity index (χ3v) is 5.94. The van der Waals surface area contributed by atoms with Gasteiger partial charge < -0.3 is 16.2 Å². The first-order valence-electron chi connectivity index (χ1n) is 8.17. The maximum atomic E-state index is 12.6. The van der Waals surface area contributed by atoms with Crippen molar-refractivity contribution >= 4 is 11.8 Å². The van der Waals surface area contributed by atoms with E-state index in [0.717, 1.165) is 32.1 Å². The molecule has 2 atom stereocenters. The smallest absolute Gasteiger partial charge is 0.270 e. The fraction of sp³-hybridized carbons (Fsp3) is 0.588. The van der Waals surface area contributed by atoms with Crippen molar-refractivity contribution < 1.29 is 14.7 Å². The van der Waals surface area contributed by atoms with E-state index in [1.165, 1.54) is 18.3 Å². The third kappa shape index (κ3) is 2.28. The van der Waals surface area contributed by atoms with Crippen molar-refractivity contribution in [2.75, 3.05) is 0 Å². The highest BCUT2D eigenvalue weighted by molar-refractivity contribution is 5.93. The number of aromatic hydroxyl groups is 1. The number of aromatic nitrogens is 1. The van der Waals surface area contributed by atoms with Crippen LogP contribution in [0.3, 0.4) is 0 Å². The molecular weight excluding hydrogens is 294 g/mol. The largest absolute Gasteiger partial charge is 0.508 e. The molecule has 4 N–H and O–H groups in total. The number of carbonyl (C=O) groups excluding carboxylic acids is 2. The monoisotopic (exact) mass is 315 g/mol. The minimum atomic E-state index is -0.455. The van der Waals surface area contributed by atoms with Crippen LogP contribution in [-0.4, -0.2) is 27.4 Å². The van der Waals surface area contributed by atoms with Crippen LogP contribution in [-0.2, 0) is 4.79 Å². The lowest BCUT2D eigenvalue weighted by atomic mass is 9.46. The zero-order valence-corrected chi connectivity index (χ0v) is 12.9. The summed E-state index contributed by atoms with van der Waals surface area (Å²) < 4.78 is 0. The number of pyridine rings is 1. The van der Waals surface area contributed by atoms with Crippen LogP contribution in [0.2, 0.25) is 0 Å². The Labute approximate surface area is 134 Å². The summed E-state index contributed by atoms with van der Waals surface area (Å²) in [5.41, 5.74) is 5.11. The molecule has 4 fully saturated rings. The predicted molar refractivity (Wildman–Crippen MR) is 82.4 cm³/mol. The highest BCUT2D eigenvalue weighted by atomic mass is 16.3. The number of primary amides is 1. The van der Waals surface area contributed by atoms with Gasteiger partial charge in [-0.25, -0.2) is 0 Å². The SMILES string of the molecule is NC(=O)C12CC3CC(CC(NC(=O)c4cc(O)ccn4)(C3)C1)C2. The number of amides is 2. The van der Waals surface area contributed by atoms with Crippen LogP contribution in [0, 0.1) is 17.3 Å². The van der Waals surface area contributed by atoms with Gasteiger partial charge in [-0.2, -0.15) is 0 Å². The Balaban J connectivity index is 1.61. The van der Waals surface area contributed by atoms with Crippen molar-refractivity contribution in [3.05, 3.63) is 24.0 Å². The van der Waals surface area contributed by atoms with Crippen LogP contribution in [0.15, 0.2) is 18.3 Å². The highest BCUT2D eigenvalue weighted by Crippen LogP contribution is 2.61. The Kier molecular flexibility index (Phi) is 2.95. The first-order chi connectivity index (χ1) is 10.9. The highest BCUT2D eigenvalue weighted by Gasteiger charge is 2.60. The quantitative estimate of drug-likeness (QED) is 0.782. The van der Waals surface area contributed by atoms with Crippen molar-refractivity contribution in [2.45, 2.75) is 44.1 Å². The van der Waals surface area contributed by atoms with Crippen molar-refractivity contribution in [1.82, 2.24) is 10.3 Å². The van der Waals surface area contributed by atoms with Crippen molar-refractivity contribution in [2.24, 2.45) is 23.0 Å². The minimum Gasteiger partial charge on any atom is -0.508 e. The third-order valence-electron chi connectivity index (χ3n) is 5.94. The van der Waals surface area contributed by atoms with Gasteiger partial charge >= 0.3 is 0 Å². The Morgan fingerprint density at radius 3 is 2.57 bits per heavy atom. The fourth-order valence-electron chi connectivity index (χ4n) is 5.55. The second kappa shape index (κ2) is 4.69. The molecule has 6 nitrogen and oxygen atoms in total. The molecule has 6 heteroatoms. The van der Waals surface area contributed by atoms with Crippen molar-refractivity contribution in [3.8, 4) is 5.75 Å². The standard InChI is InChI=1S/C17H21N3O3/c18-15(23)16-5-10-3-11(6-16)8-17(7-10,9-16)20-14(22)13-4-12(21)1-2-19-13/h1-2,4,10-11H,3,5-9H2,(H2,18,23)(H,19,21)(H,20,22).